The van der Waals surface area contributed by atoms with Gasteiger partial charge in [-0.15, -0.1) is 0 Å². The molecule has 104 valence electrons. The first-order valence-electron chi connectivity index (χ1n) is 5.95. The monoisotopic (exact) mass is 265 g/mol. The van der Waals surface area contributed by atoms with Gasteiger partial charge in [0.25, 0.3) is 5.91 Å². The first kappa shape index (κ1) is 14.8. The van der Waals surface area contributed by atoms with Crippen molar-refractivity contribution in [2.24, 2.45) is 0 Å². The molecule has 0 aliphatic heterocycles. The van der Waals surface area contributed by atoms with E-state index in [0.717, 1.165) is 0 Å². The van der Waals surface area contributed by atoms with Crippen LogP contribution >= 0.6 is 0 Å². The van der Waals surface area contributed by atoms with E-state index < -0.39 is 5.91 Å². The van der Waals surface area contributed by atoms with Crippen LogP contribution in [0.25, 0.3) is 0 Å². The van der Waals surface area contributed by atoms with Crippen LogP contribution in [0.4, 0.5) is 5.69 Å². The zero-order chi connectivity index (χ0) is 14.6. The minimum Gasteiger partial charge on any atom is -0.505 e. The van der Waals surface area contributed by atoms with Crippen LogP contribution < -0.4 is 11.1 Å². The summed E-state index contributed by atoms with van der Waals surface area (Å²) in [6.07, 6.45) is 0. The van der Waals surface area contributed by atoms with Gasteiger partial charge in [-0.05, 0) is 26.0 Å². The predicted molar refractivity (Wildman–Crippen MR) is 72.8 cm³/mol. The normalized spacial score (nSPS) is 10.3. The van der Waals surface area contributed by atoms with Crippen LogP contribution in [0.3, 0.4) is 0 Å². The van der Waals surface area contributed by atoms with Gasteiger partial charge in [-0.1, -0.05) is 6.07 Å². The highest BCUT2D eigenvalue weighted by Gasteiger charge is 2.19. The number of para-hydroxylation sites is 1. The van der Waals surface area contributed by atoms with E-state index in [0.29, 0.717) is 0 Å². The van der Waals surface area contributed by atoms with Gasteiger partial charge in [0, 0.05) is 13.1 Å². The van der Waals surface area contributed by atoms with E-state index in [9.17, 15) is 14.7 Å². The number of aromatic hydroxyl groups is 1. The van der Waals surface area contributed by atoms with Crippen molar-refractivity contribution in [1.29, 1.82) is 0 Å². The summed E-state index contributed by atoms with van der Waals surface area (Å²) >= 11 is 0. The molecule has 0 saturated heterocycles. The van der Waals surface area contributed by atoms with E-state index >= 15 is 0 Å². The molecule has 0 heterocycles. The zero-order valence-electron chi connectivity index (χ0n) is 11.3. The zero-order valence-corrected chi connectivity index (χ0v) is 11.3. The molecule has 0 aromatic heterocycles. The summed E-state index contributed by atoms with van der Waals surface area (Å²) in [6.45, 7) is 3.60. The molecule has 1 aromatic rings. The van der Waals surface area contributed by atoms with Crippen LogP contribution in [0.2, 0.25) is 0 Å². The summed E-state index contributed by atoms with van der Waals surface area (Å²) in [5.41, 5.74) is 5.74. The Morgan fingerprint density at radius 1 is 1.42 bits per heavy atom. The second kappa shape index (κ2) is 6.08. The first-order valence-corrected chi connectivity index (χ1v) is 5.95. The summed E-state index contributed by atoms with van der Waals surface area (Å²) in [4.78, 5) is 24.9. The standard InChI is InChI=1S/C13H19N3O3/c1-8(2)15-11(17)7-16(3)13(19)9-5-4-6-10(14)12(9)18/h4-6,8,18H,7,14H2,1-3H3,(H,15,17). The van der Waals surface area contributed by atoms with Gasteiger partial charge in [-0.2, -0.15) is 0 Å². The topological polar surface area (TPSA) is 95.7 Å². The van der Waals surface area contributed by atoms with Crippen LogP contribution in [0.1, 0.15) is 24.2 Å². The SMILES string of the molecule is CC(C)NC(=O)CN(C)C(=O)c1cccc(N)c1O. The minimum atomic E-state index is -0.455. The molecule has 0 unspecified atom stereocenters. The van der Waals surface area contributed by atoms with Gasteiger partial charge in [0.05, 0.1) is 17.8 Å². The van der Waals surface area contributed by atoms with E-state index in [1.807, 2.05) is 13.8 Å². The summed E-state index contributed by atoms with van der Waals surface area (Å²) < 4.78 is 0. The van der Waals surface area contributed by atoms with Crippen LogP contribution in [-0.2, 0) is 4.79 Å². The Bertz CT molecular complexity index is 486. The van der Waals surface area contributed by atoms with Crippen molar-refractivity contribution >= 4 is 17.5 Å². The van der Waals surface area contributed by atoms with Gasteiger partial charge in [-0.25, -0.2) is 0 Å². The molecular formula is C13H19N3O3. The fourth-order valence-electron chi connectivity index (χ4n) is 1.59. The first-order chi connectivity index (χ1) is 8.82. The number of hydrogen-bond donors (Lipinski definition) is 3. The average molecular weight is 265 g/mol. The highest BCUT2D eigenvalue weighted by molar-refractivity contribution is 5.99. The lowest BCUT2D eigenvalue weighted by Crippen LogP contribution is -2.40. The smallest absolute Gasteiger partial charge is 0.257 e. The summed E-state index contributed by atoms with van der Waals surface area (Å²) in [5.74, 6) is -0.971. The summed E-state index contributed by atoms with van der Waals surface area (Å²) in [7, 11) is 1.49. The Labute approximate surface area is 112 Å². The summed E-state index contributed by atoms with van der Waals surface area (Å²) in [5, 5.41) is 12.4. The number of carbonyl (C=O) groups is 2. The fourth-order valence-corrected chi connectivity index (χ4v) is 1.59. The molecule has 0 aliphatic carbocycles. The molecule has 6 heteroatoms. The maximum Gasteiger partial charge on any atom is 0.257 e. The molecule has 0 atom stereocenters. The molecule has 0 saturated carbocycles. The molecule has 2 amide bonds. The second-order valence-electron chi connectivity index (χ2n) is 4.63. The highest BCUT2D eigenvalue weighted by Crippen LogP contribution is 2.25. The lowest BCUT2D eigenvalue weighted by Gasteiger charge is -2.18. The van der Waals surface area contributed by atoms with Crippen LogP contribution in [0.15, 0.2) is 18.2 Å². The molecule has 0 bridgehead atoms. The largest absolute Gasteiger partial charge is 0.505 e. The average Bonchev–Trinajstić information content (AvgIpc) is 2.30. The number of rotatable bonds is 4. The van der Waals surface area contributed by atoms with E-state index in [1.54, 1.807) is 6.07 Å². The highest BCUT2D eigenvalue weighted by atomic mass is 16.3. The van der Waals surface area contributed by atoms with Gasteiger partial charge >= 0.3 is 0 Å². The van der Waals surface area contributed by atoms with Gasteiger partial charge in [0.2, 0.25) is 5.91 Å². The lowest BCUT2D eigenvalue weighted by molar-refractivity contribution is -0.122. The Kier molecular flexibility index (Phi) is 4.74. The van der Waals surface area contributed by atoms with Gasteiger partial charge < -0.3 is 21.1 Å². The van der Waals surface area contributed by atoms with Crippen molar-refractivity contribution in [3.63, 3.8) is 0 Å². The third kappa shape index (κ3) is 3.87. The minimum absolute atomic E-state index is 0.0109. The Morgan fingerprint density at radius 2 is 2.05 bits per heavy atom. The van der Waals surface area contributed by atoms with Crippen molar-refractivity contribution in [3.8, 4) is 5.75 Å². The molecule has 0 spiro atoms. The third-order valence-corrected chi connectivity index (χ3v) is 2.47. The van der Waals surface area contributed by atoms with Crippen LogP contribution in [-0.4, -0.2) is 41.5 Å². The number of carbonyl (C=O) groups excluding carboxylic acids is 2. The van der Waals surface area contributed by atoms with Gasteiger partial charge in [-0.3, -0.25) is 9.59 Å². The molecule has 6 nitrogen and oxygen atoms in total. The Balaban J connectivity index is 2.77. The van der Waals surface area contributed by atoms with Crippen molar-refractivity contribution in [2.45, 2.75) is 19.9 Å². The van der Waals surface area contributed by atoms with Crippen LogP contribution in [0.5, 0.6) is 5.75 Å². The molecule has 1 aromatic carbocycles. The van der Waals surface area contributed by atoms with Crippen molar-refractivity contribution in [1.82, 2.24) is 10.2 Å². The number of phenols is 1. The van der Waals surface area contributed by atoms with E-state index in [4.69, 9.17) is 5.73 Å². The van der Waals surface area contributed by atoms with E-state index in [2.05, 4.69) is 5.32 Å². The number of anilines is 1. The molecule has 0 aliphatic rings. The van der Waals surface area contributed by atoms with Gasteiger partial charge in [0.1, 0.15) is 0 Å². The maximum atomic E-state index is 12.1. The number of amides is 2. The fraction of sp³-hybridized carbons (Fsp3) is 0.385. The Hall–Kier alpha value is -2.24. The number of benzene rings is 1. The number of nitrogen functional groups attached to an aromatic ring is 1. The quantitative estimate of drug-likeness (QED) is 0.548. The number of nitrogens with one attached hydrogen (secondary N) is 1. The molecule has 0 fully saturated rings. The molecule has 1 rings (SSSR count). The molecule has 19 heavy (non-hydrogen) atoms. The van der Waals surface area contributed by atoms with Gasteiger partial charge in [0.15, 0.2) is 5.75 Å². The predicted octanol–water partition coefficient (Wildman–Crippen LogP) is 0.571. The van der Waals surface area contributed by atoms with E-state index in [1.165, 1.54) is 24.1 Å². The van der Waals surface area contributed by atoms with Crippen molar-refractivity contribution in [3.05, 3.63) is 23.8 Å². The molecule has 4 N–H and O–H groups in total. The second-order valence-corrected chi connectivity index (χ2v) is 4.63. The van der Waals surface area contributed by atoms with Crippen molar-refractivity contribution < 1.29 is 14.7 Å². The number of likely N-dealkylation sites (N-methyl/N-ethyl adjacent to an activating group) is 1. The number of hydrogen-bond acceptors (Lipinski definition) is 4. The molecular weight excluding hydrogens is 246 g/mol. The number of nitrogens with zero attached hydrogens (tertiary/aromatic N) is 1. The summed E-state index contributed by atoms with van der Waals surface area (Å²) in [6, 6.07) is 4.55. The lowest BCUT2D eigenvalue weighted by atomic mass is 10.1. The number of nitrogens with two attached hydrogens (primary N) is 1. The maximum absolute atomic E-state index is 12.1. The van der Waals surface area contributed by atoms with Crippen molar-refractivity contribution in [2.75, 3.05) is 19.3 Å². The molecule has 0 radical (unpaired) electrons. The number of phenolic OH excluding ortho intramolecular Hbond substituents is 1. The van der Waals surface area contributed by atoms with Crippen LogP contribution in [0, 0.1) is 0 Å². The Morgan fingerprint density at radius 3 is 2.63 bits per heavy atom. The third-order valence-electron chi connectivity index (χ3n) is 2.47. The van der Waals surface area contributed by atoms with E-state index in [-0.39, 0.29) is 35.5 Å².